The Balaban J connectivity index is 1.84. The molecule has 0 spiro atoms. The van der Waals surface area contributed by atoms with E-state index in [1.807, 2.05) is 31.2 Å². The summed E-state index contributed by atoms with van der Waals surface area (Å²) < 4.78 is 5.61. The summed E-state index contributed by atoms with van der Waals surface area (Å²) in [4.78, 5) is 15.7. The van der Waals surface area contributed by atoms with Crippen molar-refractivity contribution in [3.05, 3.63) is 65.0 Å². The molecule has 4 heteroatoms. The second-order valence-corrected chi connectivity index (χ2v) is 5.33. The maximum atomic E-state index is 12.4. The average molecular weight is 291 g/mol. The molecule has 0 unspecified atom stereocenters. The maximum Gasteiger partial charge on any atom is 0.231 e. The zero-order chi connectivity index (χ0) is 15.3. The van der Waals surface area contributed by atoms with Gasteiger partial charge in [-0.2, -0.15) is 0 Å². The molecule has 0 amide bonds. The molecule has 0 radical (unpaired) electrons. The molecule has 0 bridgehead atoms. The molecule has 3 aromatic rings. The molecule has 2 aromatic carbocycles. The number of H-pyrrole nitrogens is 1. The Morgan fingerprint density at radius 1 is 1.18 bits per heavy atom. The summed E-state index contributed by atoms with van der Waals surface area (Å²) in [5.74, 6) is 0.581. The second-order valence-electron chi connectivity index (χ2n) is 5.33. The SMILES string of the molecule is Cc1[nH]c2ccccc2c1C=C1Oc2cc(O)ccc2C1=O. The smallest absolute Gasteiger partial charge is 0.231 e. The van der Waals surface area contributed by atoms with E-state index in [1.54, 1.807) is 12.1 Å². The molecule has 4 nitrogen and oxygen atoms in total. The zero-order valence-corrected chi connectivity index (χ0v) is 11.9. The Hall–Kier alpha value is -3.01. The summed E-state index contributed by atoms with van der Waals surface area (Å²) in [6.07, 6.45) is 1.76. The van der Waals surface area contributed by atoms with Gasteiger partial charge in [0.25, 0.3) is 0 Å². The van der Waals surface area contributed by atoms with Gasteiger partial charge in [0.15, 0.2) is 5.76 Å². The summed E-state index contributed by atoms with van der Waals surface area (Å²) in [6.45, 7) is 1.96. The van der Waals surface area contributed by atoms with E-state index in [2.05, 4.69) is 4.98 Å². The maximum absolute atomic E-state index is 12.4. The van der Waals surface area contributed by atoms with Gasteiger partial charge in [-0.05, 0) is 31.2 Å². The third-order valence-electron chi connectivity index (χ3n) is 3.87. The third kappa shape index (κ3) is 1.81. The van der Waals surface area contributed by atoms with Gasteiger partial charge in [0.2, 0.25) is 5.78 Å². The van der Waals surface area contributed by atoms with Gasteiger partial charge < -0.3 is 14.8 Å². The molecule has 0 saturated heterocycles. The number of nitrogens with one attached hydrogen (secondary N) is 1. The van der Waals surface area contributed by atoms with Crippen molar-refractivity contribution in [2.24, 2.45) is 0 Å². The molecule has 0 atom stereocenters. The molecule has 2 heterocycles. The van der Waals surface area contributed by atoms with Crippen molar-refractivity contribution in [2.45, 2.75) is 6.92 Å². The van der Waals surface area contributed by atoms with Gasteiger partial charge in [-0.3, -0.25) is 4.79 Å². The number of fused-ring (bicyclic) bond motifs is 2. The number of hydrogen-bond donors (Lipinski definition) is 2. The van der Waals surface area contributed by atoms with Gasteiger partial charge in [0, 0.05) is 28.2 Å². The van der Waals surface area contributed by atoms with Crippen molar-refractivity contribution in [1.82, 2.24) is 4.98 Å². The van der Waals surface area contributed by atoms with Crippen LogP contribution < -0.4 is 4.74 Å². The van der Waals surface area contributed by atoms with Crippen molar-refractivity contribution < 1.29 is 14.6 Å². The van der Waals surface area contributed by atoms with Crippen molar-refractivity contribution in [3.8, 4) is 11.5 Å². The predicted octanol–water partition coefficient (Wildman–Crippen LogP) is 3.80. The third-order valence-corrected chi connectivity index (χ3v) is 3.87. The van der Waals surface area contributed by atoms with Crippen LogP contribution in [0.25, 0.3) is 17.0 Å². The van der Waals surface area contributed by atoms with E-state index in [0.29, 0.717) is 11.3 Å². The lowest BCUT2D eigenvalue weighted by atomic mass is 10.1. The summed E-state index contributed by atoms with van der Waals surface area (Å²) in [7, 11) is 0. The molecular formula is C18H13NO3. The van der Waals surface area contributed by atoms with Gasteiger partial charge in [0.05, 0.1) is 5.56 Å². The van der Waals surface area contributed by atoms with Crippen LogP contribution in [0.1, 0.15) is 21.6 Å². The predicted molar refractivity (Wildman–Crippen MR) is 84.1 cm³/mol. The fourth-order valence-electron chi connectivity index (χ4n) is 2.79. The molecule has 1 aliphatic rings. The number of phenolic OH excluding ortho intramolecular Hbond substituents is 1. The molecule has 22 heavy (non-hydrogen) atoms. The Morgan fingerprint density at radius 2 is 2.00 bits per heavy atom. The number of aromatic hydroxyl groups is 1. The molecule has 0 fully saturated rings. The standard InChI is InChI=1S/C18H13NO3/c1-10-14(12-4-2-3-5-15(12)19-10)9-17-18(21)13-7-6-11(20)8-16(13)22-17/h2-9,19-20H,1H3. The molecule has 1 aromatic heterocycles. The first kappa shape index (κ1) is 12.7. The van der Waals surface area contributed by atoms with E-state index in [1.165, 1.54) is 12.1 Å². The first-order valence-corrected chi connectivity index (χ1v) is 6.98. The van der Waals surface area contributed by atoms with Crippen LogP contribution in [0, 0.1) is 6.92 Å². The number of aromatic nitrogens is 1. The van der Waals surface area contributed by atoms with E-state index in [4.69, 9.17) is 4.74 Å². The number of para-hydroxylation sites is 1. The van der Waals surface area contributed by atoms with Gasteiger partial charge in [-0.15, -0.1) is 0 Å². The topological polar surface area (TPSA) is 62.3 Å². The van der Waals surface area contributed by atoms with Gasteiger partial charge in [-0.1, -0.05) is 18.2 Å². The number of carbonyl (C=O) groups is 1. The van der Waals surface area contributed by atoms with Crippen LogP contribution >= 0.6 is 0 Å². The highest BCUT2D eigenvalue weighted by Gasteiger charge is 2.28. The Labute approximate surface area is 126 Å². The van der Waals surface area contributed by atoms with E-state index < -0.39 is 0 Å². The first-order chi connectivity index (χ1) is 10.6. The molecule has 0 saturated carbocycles. The minimum Gasteiger partial charge on any atom is -0.508 e. The number of Topliss-reactive ketones (excluding diaryl/α,β-unsaturated/α-hetero) is 1. The molecule has 2 N–H and O–H groups in total. The van der Waals surface area contributed by atoms with Crippen LogP contribution in [-0.2, 0) is 0 Å². The van der Waals surface area contributed by atoms with E-state index in [-0.39, 0.29) is 17.3 Å². The van der Waals surface area contributed by atoms with Gasteiger partial charge in [-0.25, -0.2) is 0 Å². The number of carbonyl (C=O) groups excluding carboxylic acids is 1. The lowest BCUT2D eigenvalue weighted by molar-refractivity contribution is 0.101. The number of aromatic amines is 1. The van der Waals surface area contributed by atoms with E-state index >= 15 is 0 Å². The van der Waals surface area contributed by atoms with Gasteiger partial charge >= 0.3 is 0 Å². The number of hydrogen-bond acceptors (Lipinski definition) is 3. The molecule has 4 rings (SSSR count). The Kier molecular flexibility index (Phi) is 2.60. The minimum atomic E-state index is -0.167. The van der Waals surface area contributed by atoms with Crippen molar-refractivity contribution in [2.75, 3.05) is 0 Å². The van der Waals surface area contributed by atoms with Gasteiger partial charge in [0.1, 0.15) is 11.5 Å². The van der Waals surface area contributed by atoms with Crippen LogP contribution in [0.15, 0.2) is 48.2 Å². The average Bonchev–Trinajstić information content (AvgIpc) is 2.98. The first-order valence-electron chi connectivity index (χ1n) is 6.98. The van der Waals surface area contributed by atoms with Crippen LogP contribution in [0.2, 0.25) is 0 Å². The van der Waals surface area contributed by atoms with Crippen molar-refractivity contribution in [1.29, 1.82) is 0 Å². The largest absolute Gasteiger partial charge is 0.508 e. The summed E-state index contributed by atoms with van der Waals surface area (Å²) in [5, 5.41) is 10.5. The van der Waals surface area contributed by atoms with Crippen LogP contribution in [0.5, 0.6) is 11.5 Å². The highest BCUT2D eigenvalue weighted by atomic mass is 16.5. The molecule has 0 aliphatic carbocycles. The molecule has 108 valence electrons. The Morgan fingerprint density at radius 3 is 2.86 bits per heavy atom. The highest BCUT2D eigenvalue weighted by molar-refractivity contribution is 6.15. The number of ether oxygens (including phenoxy) is 1. The monoisotopic (exact) mass is 291 g/mol. The highest BCUT2D eigenvalue weighted by Crippen LogP contribution is 2.35. The lowest BCUT2D eigenvalue weighted by Crippen LogP contribution is -1.98. The van der Waals surface area contributed by atoms with Crippen LogP contribution in [0.4, 0.5) is 0 Å². The zero-order valence-electron chi connectivity index (χ0n) is 11.9. The quantitative estimate of drug-likeness (QED) is 0.670. The van der Waals surface area contributed by atoms with E-state index in [0.717, 1.165) is 22.2 Å². The number of aryl methyl sites for hydroxylation is 1. The number of allylic oxidation sites excluding steroid dienone is 1. The summed E-state index contributed by atoms with van der Waals surface area (Å²) in [6, 6.07) is 12.4. The number of ketones is 1. The fraction of sp³-hybridized carbons (Fsp3) is 0.0556. The second kappa shape index (κ2) is 4.49. The van der Waals surface area contributed by atoms with Crippen LogP contribution in [-0.4, -0.2) is 15.9 Å². The van der Waals surface area contributed by atoms with E-state index in [9.17, 15) is 9.90 Å². The molecular weight excluding hydrogens is 278 g/mol. The summed E-state index contributed by atoms with van der Waals surface area (Å²) in [5.41, 5.74) is 3.41. The number of phenols is 1. The lowest BCUT2D eigenvalue weighted by Gasteiger charge is -1.99. The summed E-state index contributed by atoms with van der Waals surface area (Å²) >= 11 is 0. The molecule has 1 aliphatic heterocycles. The number of benzene rings is 2. The van der Waals surface area contributed by atoms with Crippen molar-refractivity contribution in [3.63, 3.8) is 0 Å². The fourth-order valence-corrected chi connectivity index (χ4v) is 2.79. The Bertz CT molecular complexity index is 950. The minimum absolute atomic E-state index is 0.0797. The van der Waals surface area contributed by atoms with Crippen LogP contribution in [0.3, 0.4) is 0 Å². The normalized spacial score (nSPS) is 15.3. The number of rotatable bonds is 1. The van der Waals surface area contributed by atoms with Crippen molar-refractivity contribution >= 4 is 22.8 Å².